The van der Waals surface area contributed by atoms with Crippen molar-refractivity contribution in [1.29, 1.82) is 5.26 Å². The van der Waals surface area contributed by atoms with Crippen molar-refractivity contribution >= 4 is 11.4 Å². The topological polar surface area (TPSA) is 36.1 Å². The zero-order valence-electron chi connectivity index (χ0n) is 18.7. The van der Waals surface area contributed by atoms with Gasteiger partial charge >= 0.3 is 0 Å². The van der Waals surface area contributed by atoms with Gasteiger partial charge in [-0.3, -0.25) is 0 Å². The van der Waals surface area contributed by atoms with E-state index in [1.807, 2.05) is 6.07 Å². The molecule has 0 aliphatic heterocycles. The fourth-order valence-corrected chi connectivity index (χ4v) is 4.07. The highest BCUT2D eigenvalue weighted by Gasteiger charge is 2.28. The first-order valence-electron chi connectivity index (χ1n) is 10.5. The van der Waals surface area contributed by atoms with Crippen molar-refractivity contribution in [3.8, 4) is 17.2 Å². The lowest BCUT2D eigenvalue weighted by atomic mass is 9.78. The largest absolute Gasteiger partial charge is 0.246 e. The molecule has 0 unspecified atom stereocenters. The summed E-state index contributed by atoms with van der Waals surface area (Å²) in [6, 6.07) is 23.5. The summed E-state index contributed by atoms with van der Waals surface area (Å²) < 4.78 is 0. The van der Waals surface area contributed by atoms with Crippen molar-refractivity contribution in [1.82, 2.24) is 0 Å². The highest BCUT2D eigenvalue weighted by Crippen LogP contribution is 2.42. The third-order valence-electron chi connectivity index (χ3n) is 5.78. The molecule has 0 fully saturated rings. The molecule has 1 aliphatic rings. The summed E-state index contributed by atoms with van der Waals surface area (Å²) >= 11 is 0. The van der Waals surface area contributed by atoms with Crippen LogP contribution in [-0.2, 0) is 10.8 Å². The van der Waals surface area contributed by atoms with Gasteiger partial charge in [-0.25, -0.2) is 4.99 Å². The zero-order chi connectivity index (χ0) is 21.7. The number of fused-ring (bicyclic) bond motifs is 3. The minimum atomic E-state index is -0.135. The summed E-state index contributed by atoms with van der Waals surface area (Å²) in [6.45, 7) is 13.1. The molecule has 1 aliphatic carbocycles. The number of rotatable bonds is 1. The molecule has 4 rings (SSSR count). The Labute approximate surface area is 179 Å². The van der Waals surface area contributed by atoms with Gasteiger partial charge in [-0.2, -0.15) is 5.26 Å². The van der Waals surface area contributed by atoms with Gasteiger partial charge in [0.05, 0.1) is 17.0 Å². The number of hydrogen-bond donors (Lipinski definition) is 0. The Kier molecular flexibility index (Phi) is 4.66. The molecule has 150 valence electrons. The minimum Gasteiger partial charge on any atom is -0.246 e. The molecule has 0 amide bonds. The Balaban J connectivity index is 2.05. The average Bonchev–Trinajstić information content (AvgIpc) is 3.00. The van der Waals surface area contributed by atoms with Gasteiger partial charge in [0.2, 0.25) is 0 Å². The Morgan fingerprint density at radius 1 is 0.700 bits per heavy atom. The Hall–Kier alpha value is -3.18. The van der Waals surface area contributed by atoms with E-state index in [-0.39, 0.29) is 10.8 Å². The second kappa shape index (κ2) is 6.96. The van der Waals surface area contributed by atoms with E-state index in [2.05, 4.69) is 102 Å². The smallest absolute Gasteiger partial charge is 0.101 e. The van der Waals surface area contributed by atoms with Gasteiger partial charge in [0.25, 0.3) is 0 Å². The maximum atomic E-state index is 10.0. The third kappa shape index (κ3) is 3.35. The molecule has 30 heavy (non-hydrogen) atoms. The van der Waals surface area contributed by atoms with Gasteiger partial charge in [-0.15, -0.1) is 0 Å². The van der Waals surface area contributed by atoms with Crippen LogP contribution in [0.15, 0.2) is 65.7 Å². The first kappa shape index (κ1) is 20.1. The molecule has 0 heterocycles. The quantitative estimate of drug-likeness (QED) is 0.335. The van der Waals surface area contributed by atoms with E-state index >= 15 is 0 Å². The SMILES string of the molecule is CC(C)(C)c1cc(C#N)c(N=C2c3ccccc3-c3ccccc32)c(C(C)(C)C)c1. The van der Waals surface area contributed by atoms with Crippen LogP contribution in [0.5, 0.6) is 0 Å². The zero-order valence-corrected chi connectivity index (χ0v) is 18.7. The van der Waals surface area contributed by atoms with Crippen LogP contribution >= 0.6 is 0 Å². The molecular formula is C28H28N2. The predicted octanol–water partition coefficient (Wildman–Crippen LogP) is 7.30. The number of nitriles is 1. The van der Waals surface area contributed by atoms with E-state index in [4.69, 9.17) is 4.99 Å². The lowest BCUT2D eigenvalue weighted by molar-refractivity contribution is 0.569. The van der Waals surface area contributed by atoms with Gasteiger partial charge in [0, 0.05) is 11.1 Å². The van der Waals surface area contributed by atoms with E-state index in [0.29, 0.717) is 5.56 Å². The molecule has 2 nitrogen and oxygen atoms in total. The summed E-state index contributed by atoms with van der Waals surface area (Å²) in [5.41, 5.74) is 9.15. The molecule has 3 aromatic carbocycles. The maximum absolute atomic E-state index is 10.0. The van der Waals surface area contributed by atoms with Crippen LogP contribution in [0.25, 0.3) is 11.1 Å². The van der Waals surface area contributed by atoms with Gasteiger partial charge < -0.3 is 0 Å². The van der Waals surface area contributed by atoms with Gasteiger partial charge in [0.15, 0.2) is 0 Å². The van der Waals surface area contributed by atoms with E-state index < -0.39 is 0 Å². The summed E-state index contributed by atoms with van der Waals surface area (Å²) in [7, 11) is 0. The van der Waals surface area contributed by atoms with Crippen molar-refractivity contribution < 1.29 is 0 Å². The van der Waals surface area contributed by atoms with Crippen LogP contribution < -0.4 is 0 Å². The normalized spacial score (nSPS) is 12.9. The fourth-order valence-electron chi connectivity index (χ4n) is 4.07. The fraction of sp³-hybridized carbons (Fsp3) is 0.286. The van der Waals surface area contributed by atoms with Gasteiger partial charge in [-0.1, -0.05) is 96.1 Å². The minimum absolute atomic E-state index is 0.0379. The predicted molar refractivity (Wildman–Crippen MR) is 126 cm³/mol. The molecule has 0 aromatic heterocycles. The first-order valence-corrected chi connectivity index (χ1v) is 10.5. The Morgan fingerprint density at radius 3 is 1.63 bits per heavy atom. The summed E-state index contributed by atoms with van der Waals surface area (Å²) in [5.74, 6) is 0. The van der Waals surface area contributed by atoms with Crippen molar-refractivity contribution in [2.75, 3.05) is 0 Å². The molecule has 0 saturated heterocycles. The summed E-state index contributed by atoms with van der Waals surface area (Å²) in [5, 5.41) is 10.0. The highest BCUT2D eigenvalue weighted by molar-refractivity contribution is 6.25. The second-order valence-corrected chi connectivity index (χ2v) is 10.1. The van der Waals surface area contributed by atoms with Crippen molar-refractivity contribution in [3.05, 3.63) is 88.5 Å². The third-order valence-corrected chi connectivity index (χ3v) is 5.78. The molecule has 2 heteroatoms. The van der Waals surface area contributed by atoms with E-state index in [9.17, 15) is 5.26 Å². The molecule has 0 radical (unpaired) electrons. The lowest BCUT2D eigenvalue weighted by Gasteiger charge is -2.27. The van der Waals surface area contributed by atoms with Gasteiger partial charge in [0.1, 0.15) is 6.07 Å². The van der Waals surface area contributed by atoms with Crippen LogP contribution in [-0.4, -0.2) is 5.71 Å². The number of nitrogens with zero attached hydrogens (tertiary/aromatic N) is 2. The van der Waals surface area contributed by atoms with E-state index in [1.165, 1.54) is 16.7 Å². The maximum Gasteiger partial charge on any atom is 0.101 e. The standard InChI is InChI=1S/C28H28N2/c1-27(2,3)19-15-18(17-29)25(24(16-19)28(4,5)6)30-26-22-13-9-7-11-20(22)21-12-8-10-14-23(21)26/h7-16H,1-6H3. The molecule has 3 aromatic rings. The van der Waals surface area contributed by atoms with Crippen LogP contribution in [0.1, 0.15) is 69.4 Å². The van der Waals surface area contributed by atoms with Crippen molar-refractivity contribution in [3.63, 3.8) is 0 Å². The molecule has 0 atom stereocenters. The van der Waals surface area contributed by atoms with E-state index in [1.54, 1.807) is 0 Å². The first-order chi connectivity index (χ1) is 14.1. The highest BCUT2D eigenvalue weighted by atomic mass is 14.8. The Bertz CT molecular complexity index is 1160. The van der Waals surface area contributed by atoms with Crippen LogP contribution in [0.2, 0.25) is 0 Å². The number of hydrogen-bond acceptors (Lipinski definition) is 2. The molecule has 0 saturated carbocycles. The monoisotopic (exact) mass is 392 g/mol. The van der Waals surface area contributed by atoms with Crippen molar-refractivity contribution in [2.45, 2.75) is 52.4 Å². The van der Waals surface area contributed by atoms with Gasteiger partial charge in [-0.05, 0) is 39.2 Å². The summed E-state index contributed by atoms with van der Waals surface area (Å²) in [4.78, 5) is 5.20. The number of aliphatic imine (C=N–C) groups is 1. The molecule has 0 bridgehead atoms. The average molecular weight is 393 g/mol. The lowest BCUT2D eigenvalue weighted by Crippen LogP contribution is -2.17. The molecular weight excluding hydrogens is 364 g/mol. The Morgan fingerprint density at radius 2 is 1.20 bits per heavy atom. The van der Waals surface area contributed by atoms with Crippen LogP contribution in [0.4, 0.5) is 5.69 Å². The van der Waals surface area contributed by atoms with Crippen LogP contribution in [0, 0.1) is 11.3 Å². The van der Waals surface area contributed by atoms with Crippen LogP contribution in [0.3, 0.4) is 0 Å². The number of benzene rings is 3. The molecule has 0 spiro atoms. The molecule has 0 N–H and O–H groups in total. The van der Waals surface area contributed by atoms with E-state index in [0.717, 1.165) is 28.1 Å². The van der Waals surface area contributed by atoms with Crippen molar-refractivity contribution in [2.24, 2.45) is 4.99 Å². The second-order valence-electron chi connectivity index (χ2n) is 10.1. The summed E-state index contributed by atoms with van der Waals surface area (Å²) in [6.07, 6.45) is 0.